The first kappa shape index (κ1) is 13.4. The van der Waals surface area contributed by atoms with Crippen molar-refractivity contribution in [3.05, 3.63) is 0 Å². The van der Waals surface area contributed by atoms with E-state index in [1.807, 2.05) is 0 Å². The van der Waals surface area contributed by atoms with E-state index in [9.17, 15) is 9.79 Å². The molecule has 0 aromatic heterocycles. The van der Waals surface area contributed by atoms with Crippen LogP contribution in [-0.4, -0.2) is 29.3 Å². The summed E-state index contributed by atoms with van der Waals surface area (Å²) in [5, 5.41) is 0. The minimum absolute atomic E-state index is 0.595. The molecule has 0 saturated carbocycles. The summed E-state index contributed by atoms with van der Waals surface area (Å²) in [7, 11) is -3.18. The van der Waals surface area contributed by atoms with E-state index in [2.05, 4.69) is 6.92 Å². The summed E-state index contributed by atoms with van der Waals surface area (Å²) in [6.07, 6.45) is 7.79. The van der Waals surface area contributed by atoms with Gasteiger partial charge in [0, 0.05) is 0 Å². The topological polar surface area (TPSA) is 40.5 Å². The first-order valence-corrected chi connectivity index (χ1v) is 8.54. The molecular weight excluding hydrogens is 183 g/mol. The molecule has 0 saturated heterocycles. The molecule has 0 aliphatic rings. The molecule has 2 nitrogen and oxygen atoms in total. The van der Waals surface area contributed by atoms with Crippen molar-refractivity contribution in [2.45, 2.75) is 45.4 Å². The Morgan fingerprint density at radius 3 is 1.77 bits per heavy atom. The summed E-state index contributed by atoms with van der Waals surface area (Å²) >= 11 is 0. The van der Waals surface area contributed by atoms with Gasteiger partial charge in [-0.3, -0.25) is 0 Å². The van der Waals surface area contributed by atoms with Crippen LogP contribution in [-0.2, 0) is 0 Å². The fourth-order valence-electron chi connectivity index (χ4n) is 1.35. The molecule has 0 aliphatic carbocycles. The summed E-state index contributed by atoms with van der Waals surface area (Å²) < 4.78 is 0. The Morgan fingerprint density at radius 2 is 1.31 bits per heavy atom. The van der Waals surface area contributed by atoms with Crippen molar-refractivity contribution in [3.63, 3.8) is 0 Å². The van der Waals surface area contributed by atoms with E-state index >= 15 is 0 Å². The summed E-state index contributed by atoms with van der Waals surface area (Å²) in [5.74, 6) is 0. The van der Waals surface area contributed by atoms with Crippen LogP contribution >= 0.6 is 7.06 Å². The molecule has 2 N–H and O–H groups in total. The van der Waals surface area contributed by atoms with Gasteiger partial charge in [0.05, 0.1) is 0 Å². The first-order chi connectivity index (χ1) is 5.81. The Hall–Kier alpha value is 0.350. The van der Waals surface area contributed by atoms with Gasteiger partial charge in [0.25, 0.3) is 0 Å². The zero-order valence-corrected chi connectivity index (χ0v) is 10.2. The third-order valence-corrected chi connectivity index (χ3v) is 3.77. The zero-order valence-electron chi connectivity index (χ0n) is 9.29. The molecule has 0 amide bonds. The van der Waals surface area contributed by atoms with Crippen LogP contribution in [0.5, 0.6) is 0 Å². The molecule has 0 fully saturated rings. The Morgan fingerprint density at radius 1 is 0.846 bits per heavy atom. The van der Waals surface area contributed by atoms with Crippen LogP contribution in [0.25, 0.3) is 0 Å². The average Bonchev–Trinajstić information content (AvgIpc) is 1.93. The molecule has 0 atom stereocenters. The van der Waals surface area contributed by atoms with Gasteiger partial charge in [-0.25, -0.2) is 0 Å². The Labute approximate surface area is 82.5 Å². The number of unbranched alkanes of at least 4 members (excludes halogenated alkanes) is 5. The third-order valence-electron chi connectivity index (χ3n) is 2.16. The predicted molar refractivity (Wildman–Crippen MR) is 61.4 cm³/mol. The van der Waals surface area contributed by atoms with E-state index < -0.39 is 7.06 Å². The van der Waals surface area contributed by atoms with Crippen LogP contribution in [0.15, 0.2) is 0 Å². The SMILES string of the molecule is CCCCCCCCP(C)(C)(O)O. The van der Waals surface area contributed by atoms with E-state index in [1.165, 1.54) is 25.7 Å². The first-order valence-electron chi connectivity index (χ1n) is 5.32. The van der Waals surface area contributed by atoms with Crippen LogP contribution in [0.3, 0.4) is 0 Å². The molecule has 0 radical (unpaired) electrons. The molecule has 0 heterocycles. The monoisotopic (exact) mass is 208 g/mol. The van der Waals surface area contributed by atoms with Crippen molar-refractivity contribution in [1.82, 2.24) is 0 Å². The van der Waals surface area contributed by atoms with Crippen molar-refractivity contribution < 1.29 is 9.79 Å². The van der Waals surface area contributed by atoms with Gasteiger partial charge in [-0.15, -0.1) is 0 Å². The standard InChI is InChI=1S/C10H25O2P/c1-4-5-6-7-8-9-10-13(2,3,11)12/h11-12H,4-10H2,1-3H3. The van der Waals surface area contributed by atoms with Gasteiger partial charge in [-0.05, 0) is 0 Å². The van der Waals surface area contributed by atoms with E-state index in [4.69, 9.17) is 0 Å². The van der Waals surface area contributed by atoms with Crippen LogP contribution < -0.4 is 0 Å². The van der Waals surface area contributed by atoms with Crippen LogP contribution in [0.4, 0.5) is 0 Å². The van der Waals surface area contributed by atoms with Crippen molar-refractivity contribution in [3.8, 4) is 0 Å². The van der Waals surface area contributed by atoms with Gasteiger partial charge in [0.15, 0.2) is 0 Å². The maximum absolute atomic E-state index is 9.57. The number of hydrogen-bond acceptors (Lipinski definition) is 2. The third kappa shape index (κ3) is 12.4. The second-order valence-electron chi connectivity index (χ2n) is 4.74. The zero-order chi connectivity index (χ0) is 10.4. The van der Waals surface area contributed by atoms with E-state index in [0.717, 1.165) is 12.8 Å². The van der Waals surface area contributed by atoms with Gasteiger partial charge in [0.1, 0.15) is 0 Å². The summed E-state index contributed by atoms with van der Waals surface area (Å²) in [6.45, 7) is 5.39. The van der Waals surface area contributed by atoms with E-state index in [-0.39, 0.29) is 0 Å². The Bertz CT molecular complexity index is 128. The Kier molecular flexibility index (Phi) is 5.43. The molecule has 13 heavy (non-hydrogen) atoms. The average molecular weight is 208 g/mol. The normalized spacial score (nSPS) is 15.3. The minimum atomic E-state index is -3.18. The van der Waals surface area contributed by atoms with Crippen LogP contribution in [0.2, 0.25) is 0 Å². The number of hydrogen-bond donors (Lipinski definition) is 2. The molecule has 0 bridgehead atoms. The van der Waals surface area contributed by atoms with Crippen molar-refractivity contribution in [2.75, 3.05) is 19.5 Å². The molecule has 82 valence electrons. The van der Waals surface area contributed by atoms with Crippen LogP contribution in [0, 0.1) is 0 Å². The second-order valence-corrected chi connectivity index (χ2v) is 9.69. The van der Waals surface area contributed by atoms with E-state index in [0.29, 0.717) is 6.16 Å². The molecule has 3 heteroatoms. The van der Waals surface area contributed by atoms with Crippen molar-refractivity contribution in [1.29, 1.82) is 0 Å². The molecule has 0 aliphatic heterocycles. The van der Waals surface area contributed by atoms with Gasteiger partial charge >= 0.3 is 81.8 Å². The number of rotatable bonds is 7. The predicted octanol–water partition coefficient (Wildman–Crippen LogP) is 2.97. The van der Waals surface area contributed by atoms with Crippen molar-refractivity contribution >= 4 is 7.06 Å². The molecular formula is C10H25O2P. The van der Waals surface area contributed by atoms with Gasteiger partial charge in [-0.2, -0.15) is 0 Å². The molecule has 0 aromatic rings. The fourth-order valence-corrected chi connectivity index (χ4v) is 2.49. The molecule has 0 spiro atoms. The Balaban J connectivity index is 3.27. The summed E-state index contributed by atoms with van der Waals surface area (Å²) in [4.78, 5) is 19.1. The molecule has 0 rings (SSSR count). The van der Waals surface area contributed by atoms with Gasteiger partial charge in [0.2, 0.25) is 0 Å². The maximum atomic E-state index is 9.57. The summed E-state index contributed by atoms with van der Waals surface area (Å²) in [6, 6.07) is 0. The quantitative estimate of drug-likeness (QED) is 0.499. The summed E-state index contributed by atoms with van der Waals surface area (Å²) in [5.41, 5.74) is 0. The molecule has 0 unspecified atom stereocenters. The van der Waals surface area contributed by atoms with E-state index in [1.54, 1.807) is 13.3 Å². The van der Waals surface area contributed by atoms with Crippen LogP contribution in [0.1, 0.15) is 45.4 Å². The second kappa shape index (κ2) is 5.29. The fraction of sp³-hybridized carbons (Fsp3) is 1.00. The van der Waals surface area contributed by atoms with Gasteiger partial charge in [-0.1, -0.05) is 0 Å². The van der Waals surface area contributed by atoms with Crippen molar-refractivity contribution in [2.24, 2.45) is 0 Å². The van der Waals surface area contributed by atoms with Gasteiger partial charge < -0.3 is 0 Å². The molecule has 0 aromatic carbocycles.